The molecule has 1 fully saturated rings. The van der Waals surface area contributed by atoms with Gasteiger partial charge < -0.3 is 9.32 Å². The van der Waals surface area contributed by atoms with Crippen LogP contribution in [0.4, 0.5) is 0 Å². The van der Waals surface area contributed by atoms with E-state index in [1.165, 1.54) is 6.26 Å². The summed E-state index contributed by atoms with van der Waals surface area (Å²) in [4.78, 5) is 14.3. The fourth-order valence-electron chi connectivity index (χ4n) is 3.12. The topological polar surface area (TPSA) is 67.6 Å². The third-order valence-corrected chi connectivity index (χ3v) is 6.59. The fourth-order valence-corrected chi connectivity index (χ4v) is 4.73. The SMILES string of the molecule is O=C(c1cccc2ccccc12)N1CC(S(=O)(=O)Cc2ccco2)C1. The minimum Gasteiger partial charge on any atom is -0.468 e. The zero-order chi connectivity index (χ0) is 17.4. The number of carbonyl (C=O) groups excluding carboxylic acids is 1. The van der Waals surface area contributed by atoms with Crippen LogP contribution in [0.15, 0.2) is 65.3 Å². The van der Waals surface area contributed by atoms with Gasteiger partial charge in [-0.3, -0.25) is 4.79 Å². The predicted octanol–water partition coefficient (Wildman–Crippen LogP) is 2.87. The highest BCUT2D eigenvalue weighted by molar-refractivity contribution is 7.91. The van der Waals surface area contributed by atoms with Gasteiger partial charge in [0.05, 0.1) is 11.5 Å². The zero-order valence-electron chi connectivity index (χ0n) is 13.5. The van der Waals surface area contributed by atoms with Crippen molar-refractivity contribution in [1.29, 1.82) is 0 Å². The Balaban J connectivity index is 1.49. The molecule has 1 saturated heterocycles. The highest BCUT2D eigenvalue weighted by Crippen LogP contribution is 2.25. The van der Waals surface area contributed by atoms with Crippen molar-refractivity contribution in [3.63, 3.8) is 0 Å². The molecule has 3 aromatic rings. The Labute approximate surface area is 145 Å². The molecule has 0 atom stereocenters. The Hall–Kier alpha value is -2.60. The molecule has 1 aromatic heterocycles. The average molecular weight is 355 g/mol. The molecule has 128 valence electrons. The molecule has 0 aliphatic carbocycles. The van der Waals surface area contributed by atoms with Gasteiger partial charge in [-0.2, -0.15) is 0 Å². The van der Waals surface area contributed by atoms with Gasteiger partial charge in [0, 0.05) is 18.7 Å². The van der Waals surface area contributed by atoms with Gasteiger partial charge in [0.1, 0.15) is 11.5 Å². The van der Waals surface area contributed by atoms with Crippen LogP contribution in [0.1, 0.15) is 16.1 Å². The average Bonchev–Trinajstić information content (AvgIpc) is 3.04. The number of rotatable bonds is 4. The highest BCUT2D eigenvalue weighted by Gasteiger charge is 2.40. The second kappa shape index (κ2) is 6.04. The zero-order valence-corrected chi connectivity index (χ0v) is 14.3. The van der Waals surface area contributed by atoms with Crippen LogP contribution in [0.25, 0.3) is 10.8 Å². The maximum atomic E-state index is 12.7. The standard InChI is InChI=1S/C19H17NO4S/c21-19(18-9-3-6-14-5-1-2-8-17(14)18)20-11-16(12-20)25(22,23)13-15-7-4-10-24-15/h1-10,16H,11-13H2. The largest absolute Gasteiger partial charge is 0.468 e. The molecule has 1 amide bonds. The molecule has 4 rings (SSSR count). The lowest BCUT2D eigenvalue weighted by Crippen LogP contribution is -2.57. The van der Waals surface area contributed by atoms with E-state index in [0.717, 1.165) is 10.8 Å². The second-order valence-corrected chi connectivity index (χ2v) is 8.53. The Morgan fingerprint density at radius 3 is 2.56 bits per heavy atom. The van der Waals surface area contributed by atoms with Gasteiger partial charge in [0.15, 0.2) is 9.84 Å². The van der Waals surface area contributed by atoms with E-state index in [0.29, 0.717) is 11.3 Å². The van der Waals surface area contributed by atoms with Gasteiger partial charge in [0.2, 0.25) is 0 Å². The molecule has 0 unspecified atom stereocenters. The van der Waals surface area contributed by atoms with Crippen molar-refractivity contribution in [3.8, 4) is 0 Å². The van der Waals surface area contributed by atoms with Crippen molar-refractivity contribution < 1.29 is 17.6 Å². The van der Waals surface area contributed by atoms with Crippen molar-refractivity contribution in [3.05, 3.63) is 72.2 Å². The molecule has 0 saturated carbocycles. The van der Waals surface area contributed by atoms with Crippen LogP contribution < -0.4 is 0 Å². The summed E-state index contributed by atoms with van der Waals surface area (Å²) in [5.74, 6) is 0.182. The summed E-state index contributed by atoms with van der Waals surface area (Å²) in [5, 5.41) is 1.35. The number of benzene rings is 2. The number of carbonyl (C=O) groups is 1. The molecule has 2 aromatic carbocycles. The first kappa shape index (κ1) is 15.9. The molecule has 0 bridgehead atoms. The minimum atomic E-state index is -3.33. The van der Waals surface area contributed by atoms with Gasteiger partial charge >= 0.3 is 0 Å². The maximum absolute atomic E-state index is 12.7. The van der Waals surface area contributed by atoms with E-state index >= 15 is 0 Å². The number of sulfone groups is 1. The molecule has 0 radical (unpaired) electrons. The summed E-state index contributed by atoms with van der Waals surface area (Å²) in [5.41, 5.74) is 0.611. The minimum absolute atomic E-state index is 0.124. The number of furan rings is 1. The number of hydrogen-bond donors (Lipinski definition) is 0. The molecule has 6 heteroatoms. The van der Waals surface area contributed by atoms with Crippen molar-refractivity contribution in [1.82, 2.24) is 4.90 Å². The molecule has 25 heavy (non-hydrogen) atoms. The van der Waals surface area contributed by atoms with Crippen LogP contribution in [0.5, 0.6) is 0 Å². The van der Waals surface area contributed by atoms with Gasteiger partial charge in [0.25, 0.3) is 5.91 Å². The van der Waals surface area contributed by atoms with E-state index in [1.807, 2.05) is 36.4 Å². The lowest BCUT2D eigenvalue weighted by Gasteiger charge is -2.38. The Morgan fingerprint density at radius 2 is 1.80 bits per heavy atom. The predicted molar refractivity (Wildman–Crippen MR) is 95.0 cm³/mol. The Morgan fingerprint density at radius 1 is 1.04 bits per heavy atom. The monoisotopic (exact) mass is 355 g/mol. The number of fused-ring (bicyclic) bond motifs is 1. The third-order valence-electron chi connectivity index (χ3n) is 4.59. The quantitative estimate of drug-likeness (QED) is 0.722. The van der Waals surface area contributed by atoms with Gasteiger partial charge in [-0.25, -0.2) is 8.42 Å². The van der Waals surface area contributed by atoms with Crippen LogP contribution in [0, 0.1) is 0 Å². The molecule has 1 aliphatic rings. The summed E-state index contributed by atoms with van der Waals surface area (Å²) in [7, 11) is -3.33. The van der Waals surface area contributed by atoms with Crippen LogP contribution in [-0.2, 0) is 15.6 Å². The van der Waals surface area contributed by atoms with Crippen LogP contribution >= 0.6 is 0 Å². The first-order chi connectivity index (χ1) is 12.0. The lowest BCUT2D eigenvalue weighted by molar-refractivity contribution is 0.0661. The maximum Gasteiger partial charge on any atom is 0.254 e. The summed E-state index contributed by atoms with van der Waals surface area (Å²) in [6.45, 7) is 0.455. The summed E-state index contributed by atoms with van der Waals surface area (Å²) in [6, 6.07) is 16.6. The van der Waals surface area contributed by atoms with Crippen LogP contribution in [-0.4, -0.2) is 37.6 Å². The van der Waals surface area contributed by atoms with Gasteiger partial charge in [-0.1, -0.05) is 36.4 Å². The molecular weight excluding hydrogens is 338 g/mol. The summed E-state index contributed by atoms with van der Waals surface area (Å²) >= 11 is 0. The van der Waals surface area contributed by atoms with Crippen molar-refractivity contribution in [2.45, 2.75) is 11.0 Å². The Bertz CT molecular complexity index is 1010. The summed E-state index contributed by atoms with van der Waals surface area (Å²) < 4.78 is 29.9. The lowest BCUT2D eigenvalue weighted by atomic mass is 10.0. The smallest absolute Gasteiger partial charge is 0.254 e. The van der Waals surface area contributed by atoms with Crippen LogP contribution in [0.3, 0.4) is 0 Å². The summed E-state index contributed by atoms with van der Waals surface area (Å²) in [6.07, 6.45) is 1.46. The number of nitrogens with zero attached hydrogens (tertiary/aromatic N) is 1. The first-order valence-electron chi connectivity index (χ1n) is 8.05. The Kier molecular flexibility index (Phi) is 3.84. The molecular formula is C19H17NO4S. The van der Waals surface area contributed by atoms with E-state index in [9.17, 15) is 13.2 Å². The van der Waals surface area contributed by atoms with Crippen LogP contribution in [0.2, 0.25) is 0 Å². The molecule has 2 heterocycles. The fraction of sp³-hybridized carbons (Fsp3) is 0.211. The number of likely N-dealkylation sites (tertiary alicyclic amines) is 1. The van der Waals surface area contributed by atoms with E-state index in [2.05, 4.69) is 0 Å². The van der Waals surface area contributed by atoms with E-state index < -0.39 is 15.1 Å². The van der Waals surface area contributed by atoms with Gasteiger partial charge in [-0.15, -0.1) is 0 Å². The van der Waals surface area contributed by atoms with Gasteiger partial charge in [-0.05, 0) is 29.0 Å². The van der Waals surface area contributed by atoms with E-state index in [1.54, 1.807) is 23.1 Å². The highest BCUT2D eigenvalue weighted by atomic mass is 32.2. The number of amides is 1. The second-order valence-electron chi connectivity index (χ2n) is 6.25. The molecule has 1 aliphatic heterocycles. The van der Waals surface area contributed by atoms with Crippen molar-refractivity contribution in [2.24, 2.45) is 0 Å². The molecule has 0 spiro atoms. The van der Waals surface area contributed by atoms with Crippen molar-refractivity contribution >= 4 is 26.5 Å². The molecule has 0 N–H and O–H groups in total. The van der Waals surface area contributed by atoms with E-state index in [-0.39, 0.29) is 24.7 Å². The van der Waals surface area contributed by atoms with Crippen molar-refractivity contribution in [2.75, 3.05) is 13.1 Å². The molecule has 5 nitrogen and oxygen atoms in total. The van der Waals surface area contributed by atoms with E-state index in [4.69, 9.17) is 4.42 Å². The first-order valence-corrected chi connectivity index (χ1v) is 9.77. The number of hydrogen-bond acceptors (Lipinski definition) is 4. The normalized spacial score (nSPS) is 15.3. The third kappa shape index (κ3) is 2.93.